The maximum absolute atomic E-state index is 5.82. The minimum atomic E-state index is 0.235. The van der Waals surface area contributed by atoms with Gasteiger partial charge < -0.3 is 10.3 Å². The van der Waals surface area contributed by atoms with Gasteiger partial charge in [-0.05, 0) is 51.7 Å². The van der Waals surface area contributed by atoms with Gasteiger partial charge in [0.1, 0.15) is 0 Å². The van der Waals surface area contributed by atoms with E-state index in [9.17, 15) is 0 Å². The Kier molecular flexibility index (Phi) is 2.82. The number of nitrogen functional groups attached to an aromatic ring is 1. The van der Waals surface area contributed by atoms with Gasteiger partial charge in [-0.2, -0.15) is 4.98 Å². The molecule has 0 saturated carbocycles. The van der Waals surface area contributed by atoms with Crippen LogP contribution in [0.15, 0.2) is 51.5 Å². The lowest BCUT2D eigenvalue weighted by Gasteiger charge is -2.27. The molecule has 0 spiro atoms. The topological polar surface area (TPSA) is 64.9 Å². The van der Waals surface area contributed by atoms with Crippen molar-refractivity contribution in [2.75, 3.05) is 5.73 Å². The number of benzene rings is 2. The van der Waals surface area contributed by atoms with Crippen molar-refractivity contribution in [3.05, 3.63) is 63.9 Å². The quantitative estimate of drug-likeness (QED) is 0.720. The predicted molar refractivity (Wildman–Crippen MR) is 83.8 cm³/mol. The standard InChI is InChI=1S/C16H12BrN3O/c17-14-6-5-10(18)8-13(14)16-19-15(20-21-16)12-7-9-3-1-2-4-11(9)12/h1-6,8,12H,7,18H2. The molecule has 2 N–H and O–H groups in total. The normalized spacial score (nSPS) is 16.3. The van der Waals surface area contributed by atoms with Crippen molar-refractivity contribution in [3.63, 3.8) is 0 Å². The fourth-order valence-electron chi connectivity index (χ4n) is 2.68. The van der Waals surface area contributed by atoms with Gasteiger partial charge in [-0.1, -0.05) is 29.4 Å². The third kappa shape index (κ3) is 2.05. The number of nitrogens with two attached hydrogens (primary N) is 1. The van der Waals surface area contributed by atoms with E-state index in [-0.39, 0.29) is 5.92 Å². The molecule has 0 aliphatic heterocycles. The highest BCUT2D eigenvalue weighted by Crippen LogP contribution is 2.39. The van der Waals surface area contributed by atoms with Gasteiger partial charge >= 0.3 is 0 Å². The van der Waals surface area contributed by atoms with E-state index in [1.54, 1.807) is 0 Å². The van der Waals surface area contributed by atoms with E-state index in [4.69, 9.17) is 10.3 Å². The molecule has 0 amide bonds. The first-order chi connectivity index (χ1) is 10.2. The number of hydrogen-bond donors (Lipinski definition) is 1. The molecule has 1 heterocycles. The molecule has 0 bridgehead atoms. The molecule has 0 saturated heterocycles. The molecule has 1 atom stereocenters. The van der Waals surface area contributed by atoms with Gasteiger partial charge in [-0.3, -0.25) is 0 Å². The van der Waals surface area contributed by atoms with Crippen LogP contribution in [0.5, 0.6) is 0 Å². The first kappa shape index (κ1) is 12.6. The Morgan fingerprint density at radius 3 is 2.90 bits per heavy atom. The number of fused-ring (bicyclic) bond motifs is 1. The summed E-state index contributed by atoms with van der Waals surface area (Å²) in [4.78, 5) is 4.54. The van der Waals surface area contributed by atoms with Gasteiger partial charge in [0.05, 0.1) is 11.5 Å². The van der Waals surface area contributed by atoms with E-state index < -0.39 is 0 Å². The molecule has 1 aromatic heterocycles. The highest BCUT2D eigenvalue weighted by atomic mass is 79.9. The van der Waals surface area contributed by atoms with Crippen molar-refractivity contribution < 1.29 is 4.52 Å². The molecule has 3 aromatic rings. The van der Waals surface area contributed by atoms with Crippen LogP contribution in [-0.2, 0) is 6.42 Å². The molecule has 5 heteroatoms. The average Bonchev–Trinajstić information content (AvgIpc) is 2.92. The zero-order chi connectivity index (χ0) is 14.4. The van der Waals surface area contributed by atoms with Gasteiger partial charge in [-0.15, -0.1) is 0 Å². The van der Waals surface area contributed by atoms with Crippen molar-refractivity contribution in [1.29, 1.82) is 0 Å². The number of rotatable bonds is 2. The highest BCUT2D eigenvalue weighted by molar-refractivity contribution is 9.10. The zero-order valence-corrected chi connectivity index (χ0v) is 12.7. The maximum atomic E-state index is 5.82. The molecular weight excluding hydrogens is 330 g/mol. The first-order valence-corrected chi connectivity index (χ1v) is 7.48. The summed E-state index contributed by atoms with van der Waals surface area (Å²) in [6.07, 6.45) is 0.966. The lowest BCUT2D eigenvalue weighted by atomic mass is 9.77. The Bertz CT molecular complexity index is 828. The van der Waals surface area contributed by atoms with Crippen LogP contribution in [0.3, 0.4) is 0 Å². The van der Waals surface area contributed by atoms with E-state index in [0.717, 1.165) is 22.3 Å². The molecule has 4 rings (SSSR count). The summed E-state index contributed by atoms with van der Waals surface area (Å²) in [5.74, 6) is 1.46. The lowest BCUT2D eigenvalue weighted by molar-refractivity contribution is 0.416. The van der Waals surface area contributed by atoms with Gasteiger partial charge in [0.2, 0.25) is 0 Å². The summed E-state index contributed by atoms with van der Waals surface area (Å²) in [7, 11) is 0. The maximum Gasteiger partial charge on any atom is 0.259 e. The Morgan fingerprint density at radius 1 is 1.19 bits per heavy atom. The van der Waals surface area contributed by atoms with E-state index in [1.807, 2.05) is 24.3 Å². The van der Waals surface area contributed by atoms with E-state index >= 15 is 0 Å². The molecule has 2 aromatic carbocycles. The molecule has 0 radical (unpaired) electrons. The van der Waals surface area contributed by atoms with E-state index in [1.165, 1.54) is 11.1 Å². The van der Waals surface area contributed by atoms with Crippen molar-refractivity contribution in [3.8, 4) is 11.5 Å². The van der Waals surface area contributed by atoms with Crippen LogP contribution in [0.25, 0.3) is 11.5 Å². The minimum absolute atomic E-state index is 0.235. The van der Waals surface area contributed by atoms with Crippen molar-refractivity contribution in [1.82, 2.24) is 10.1 Å². The number of hydrogen-bond acceptors (Lipinski definition) is 4. The Labute approximate surface area is 130 Å². The fraction of sp³-hybridized carbons (Fsp3) is 0.125. The first-order valence-electron chi connectivity index (χ1n) is 6.69. The molecule has 104 valence electrons. The van der Waals surface area contributed by atoms with Gasteiger partial charge in [0.15, 0.2) is 5.82 Å². The predicted octanol–water partition coefficient (Wildman–Crippen LogP) is 3.77. The summed E-state index contributed by atoms with van der Waals surface area (Å²) in [6, 6.07) is 13.9. The lowest BCUT2D eigenvalue weighted by Crippen LogP contribution is -2.19. The number of nitrogens with zero attached hydrogens (tertiary/aromatic N) is 2. The fourth-order valence-corrected chi connectivity index (χ4v) is 3.10. The summed E-state index contributed by atoms with van der Waals surface area (Å²) in [5, 5.41) is 4.14. The van der Waals surface area contributed by atoms with Crippen LogP contribution in [0.4, 0.5) is 5.69 Å². The van der Waals surface area contributed by atoms with Crippen molar-refractivity contribution >= 4 is 21.6 Å². The van der Waals surface area contributed by atoms with Crippen molar-refractivity contribution in [2.24, 2.45) is 0 Å². The largest absolute Gasteiger partial charge is 0.399 e. The Hall–Kier alpha value is -2.14. The third-order valence-electron chi connectivity index (χ3n) is 3.83. The zero-order valence-electron chi connectivity index (χ0n) is 11.1. The molecule has 21 heavy (non-hydrogen) atoms. The van der Waals surface area contributed by atoms with Crippen LogP contribution in [-0.4, -0.2) is 10.1 Å². The van der Waals surface area contributed by atoms with Crippen LogP contribution >= 0.6 is 15.9 Å². The number of anilines is 1. The second kappa shape index (κ2) is 4.70. The molecule has 1 unspecified atom stereocenters. The minimum Gasteiger partial charge on any atom is -0.399 e. The monoisotopic (exact) mass is 341 g/mol. The summed E-state index contributed by atoms with van der Waals surface area (Å²) >= 11 is 3.49. The Balaban J connectivity index is 1.70. The summed E-state index contributed by atoms with van der Waals surface area (Å²) in [5.41, 5.74) is 9.96. The van der Waals surface area contributed by atoms with Gasteiger partial charge in [0, 0.05) is 10.2 Å². The molecular formula is C16H12BrN3O. The van der Waals surface area contributed by atoms with Crippen LogP contribution < -0.4 is 5.73 Å². The number of aromatic nitrogens is 2. The Morgan fingerprint density at radius 2 is 2.05 bits per heavy atom. The van der Waals surface area contributed by atoms with Crippen LogP contribution in [0.1, 0.15) is 22.9 Å². The number of halogens is 1. The van der Waals surface area contributed by atoms with Crippen molar-refractivity contribution in [2.45, 2.75) is 12.3 Å². The van der Waals surface area contributed by atoms with E-state index in [0.29, 0.717) is 11.6 Å². The average molecular weight is 342 g/mol. The summed E-state index contributed by atoms with van der Waals surface area (Å²) < 4.78 is 6.30. The smallest absolute Gasteiger partial charge is 0.259 e. The van der Waals surface area contributed by atoms with Crippen LogP contribution in [0.2, 0.25) is 0 Å². The summed E-state index contributed by atoms with van der Waals surface area (Å²) in [6.45, 7) is 0. The molecule has 1 aliphatic carbocycles. The second-order valence-electron chi connectivity index (χ2n) is 5.15. The third-order valence-corrected chi connectivity index (χ3v) is 4.52. The second-order valence-corrected chi connectivity index (χ2v) is 6.01. The van der Waals surface area contributed by atoms with Crippen LogP contribution in [0, 0.1) is 0 Å². The van der Waals surface area contributed by atoms with E-state index in [2.05, 4.69) is 44.3 Å². The molecule has 1 aliphatic rings. The molecule has 0 fully saturated rings. The SMILES string of the molecule is Nc1ccc(Br)c(-c2nc(C3Cc4ccccc43)no2)c1. The van der Waals surface area contributed by atoms with Gasteiger partial charge in [0.25, 0.3) is 5.89 Å². The molecule has 4 nitrogen and oxygen atoms in total. The highest BCUT2D eigenvalue weighted by Gasteiger charge is 2.31. The van der Waals surface area contributed by atoms with Gasteiger partial charge in [-0.25, -0.2) is 0 Å².